The molecule has 0 bridgehead atoms. The average Bonchev–Trinajstić information content (AvgIpc) is 2.46. The van der Waals surface area contributed by atoms with Crippen LogP contribution in [0.4, 0.5) is 5.82 Å². The van der Waals surface area contributed by atoms with Crippen LogP contribution in [0.3, 0.4) is 0 Å². The van der Waals surface area contributed by atoms with Gasteiger partial charge in [-0.3, -0.25) is 0 Å². The first-order valence-corrected chi connectivity index (χ1v) is 7.06. The fraction of sp³-hybridized carbons (Fsp3) is 0.667. The van der Waals surface area contributed by atoms with Crippen LogP contribution in [0.5, 0.6) is 5.75 Å². The molecule has 1 saturated carbocycles. The Balaban J connectivity index is 1.81. The van der Waals surface area contributed by atoms with Crippen molar-refractivity contribution in [2.75, 3.05) is 19.0 Å². The van der Waals surface area contributed by atoms with Gasteiger partial charge < -0.3 is 10.1 Å². The lowest BCUT2D eigenvalue weighted by molar-refractivity contribution is 0.278. The van der Waals surface area contributed by atoms with Crippen LogP contribution in [0.15, 0.2) is 18.3 Å². The summed E-state index contributed by atoms with van der Waals surface area (Å²) in [6.07, 6.45) is 8.62. The van der Waals surface area contributed by atoms with E-state index in [0.717, 1.165) is 29.9 Å². The molecule has 0 amide bonds. The third kappa shape index (κ3) is 3.37. The normalized spacial score (nSPS) is 23.7. The number of methoxy groups -OCH3 is 1. The Labute approximate surface area is 110 Å². The standard InChI is InChI=1S/C15H24N2O/c1-3-12-6-8-13(9-7-12)11-17-15-14(18-2)5-4-10-16-15/h4-5,10,12-13H,3,6-9,11H2,1-2H3,(H,16,17). The van der Waals surface area contributed by atoms with E-state index in [1.54, 1.807) is 13.3 Å². The Hall–Kier alpha value is -1.25. The van der Waals surface area contributed by atoms with Gasteiger partial charge >= 0.3 is 0 Å². The van der Waals surface area contributed by atoms with Gasteiger partial charge in [0.05, 0.1) is 7.11 Å². The van der Waals surface area contributed by atoms with E-state index in [0.29, 0.717) is 0 Å². The van der Waals surface area contributed by atoms with E-state index in [1.807, 2.05) is 12.1 Å². The van der Waals surface area contributed by atoms with Gasteiger partial charge in [-0.25, -0.2) is 4.98 Å². The zero-order valence-corrected chi connectivity index (χ0v) is 11.5. The highest BCUT2D eigenvalue weighted by Gasteiger charge is 2.20. The van der Waals surface area contributed by atoms with Crippen molar-refractivity contribution < 1.29 is 4.74 Å². The molecule has 1 fully saturated rings. The lowest BCUT2D eigenvalue weighted by atomic mass is 9.81. The number of nitrogens with zero attached hydrogens (tertiary/aromatic N) is 1. The number of hydrogen-bond donors (Lipinski definition) is 1. The molecule has 1 N–H and O–H groups in total. The number of nitrogens with one attached hydrogen (secondary N) is 1. The smallest absolute Gasteiger partial charge is 0.168 e. The molecule has 0 saturated heterocycles. The average molecular weight is 248 g/mol. The summed E-state index contributed by atoms with van der Waals surface area (Å²) < 4.78 is 5.29. The van der Waals surface area contributed by atoms with Crippen molar-refractivity contribution in [1.82, 2.24) is 4.98 Å². The molecule has 3 heteroatoms. The maximum Gasteiger partial charge on any atom is 0.168 e. The first kappa shape index (κ1) is 13.2. The third-order valence-corrected chi connectivity index (χ3v) is 4.09. The third-order valence-electron chi connectivity index (χ3n) is 4.09. The van der Waals surface area contributed by atoms with Crippen LogP contribution >= 0.6 is 0 Å². The number of aromatic nitrogens is 1. The van der Waals surface area contributed by atoms with Gasteiger partial charge in [-0.05, 0) is 36.8 Å². The van der Waals surface area contributed by atoms with E-state index < -0.39 is 0 Å². The van der Waals surface area contributed by atoms with Crippen molar-refractivity contribution in [3.63, 3.8) is 0 Å². The molecule has 1 aromatic heterocycles. The van der Waals surface area contributed by atoms with Gasteiger partial charge in [0, 0.05) is 12.7 Å². The van der Waals surface area contributed by atoms with E-state index in [9.17, 15) is 0 Å². The molecular formula is C15H24N2O. The number of hydrogen-bond acceptors (Lipinski definition) is 3. The zero-order valence-electron chi connectivity index (χ0n) is 11.5. The maximum absolute atomic E-state index is 5.29. The lowest BCUT2D eigenvalue weighted by Crippen LogP contribution is -2.21. The van der Waals surface area contributed by atoms with E-state index in [4.69, 9.17) is 4.74 Å². The summed E-state index contributed by atoms with van der Waals surface area (Å²) >= 11 is 0. The molecule has 100 valence electrons. The topological polar surface area (TPSA) is 34.2 Å². The van der Waals surface area contributed by atoms with Gasteiger partial charge in [-0.2, -0.15) is 0 Å². The molecule has 0 unspecified atom stereocenters. The minimum atomic E-state index is 0.791. The molecular weight excluding hydrogens is 224 g/mol. The molecule has 0 atom stereocenters. The molecule has 1 aromatic rings. The van der Waals surface area contributed by atoms with Gasteiger partial charge in [0.2, 0.25) is 0 Å². The molecule has 3 nitrogen and oxygen atoms in total. The van der Waals surface area contributed by atoms with Crippen molar-refractivity contribution in [1.29, 1.82) is 0 Å². The van der Waals surface area contributed by atoms with Crippen LogP contribution in [0.1, 0.15) is 39.0 Å². The number of pyridine rings is 1. The van der Waals surface area contributed by atoms with Gasteiger partial charge in [0.15, 0.2) is 11.6 Å². The number of ether oxygens (including phenoxy) is 1. The molecule has 2 rings (SSSR count). The van der Waals surface area contributed by atoms with Gasteiger partial charge in [0.1, 0.15) is 0 Å². The van der Waals surface area contributed by atoms with E-state index in [1.165, 1.54) is 32.1 Å². The number of anilines is 1. The summed E-state index contributed by atoms with van der Waals surface area (Å²) in [4.78, 5) is 4.33. The van der Waals surface area contributed by atoms with Gasteiger partial charge in [-0.1, -0.05) is 26.2 Å². The zero-order chi connectivity index (χ0) is 12.8. The summed E-state index contributed by atoms with van der Waals surface area (Å²) in [6.45, 7) is 3.33. The predicted octanol–water partition coefficient (Wildman–Crippen LogP) is 3.72. The highest BCUT2D eigenvalue weighted by atomic mass is 16.5. The molecule has 1 aliphatic rings. The maximum atomic E-state index is 5.29. The highest BCUT2D eigenvalue weighted by Crippen LogP contribution is 2.31. The largest absolute Gasteiger partial charge is 0.493 e. The van der Waals surface area contributed by atoms with Gasteiger partial charge in [0.25, 0.3) is 0 Å². The Morgan fingerprint density at radius 1 is 1.28 bits per heavy atom. The Bertz CT molecular complexity index is 359. The van der Waals surface area contributed by atoms with Crippen molar-refractivity contribution >= 4 is 5.82 Å². The second-order valence-electron chi connectivity index (χ2n) is 5.23. The van der Waals surface area contributed by atoms with Crippen molar-refractivity contribution in [3.05, 3.63) is 18.3 Å². The van der Waals surface area contributed by atoms with Crippen molar-refractivity contribution in [2.24, 2.45) is 11.8 Å². The van der Waals surface area contributed by atoms with Crippen LogP contribution in [0.25, 0.3) is 0 Å². The quantitative estimate of drug-likeness (QED) is 0.862. The second-order valence-corrected chi connectivity index (χ2v) is 5.23. The summed E-state index contributed by atoms with van der Waals surface area (Å²) in [7, 11) is 1.69. The van der Waals surface area contributed by atoms with E-state index in [2.05, 4.69) is 17.2 Å². The first-order valence-electron chi connectivity index (χ1n) is 7.06. The molecule has 1 aliphatic carbocycles. The minimum absolute atomic E-state index is 0.791. The van der Waals surface area contributed by atoms with Crippen molar-refractivity contribution in [2.45, 2.75) is 39.0 Å². The molecule has 0 spiro atoms. The second kappa shape index (κ2) is 6.62. The van der Waals surface area contributed by atoms with E-state index in [-0.39, 0.29) is 0 Å². The fourth-order valence-corrected chi connectivity index (χ4v) is 2.77. The summed E-state index contributed by atoms with van der Waals surface area (Å²) in [6, 6.07) is 3.85. The molecule has 1 heterocycles. The SMILES string of the molecule is CCC1CCC(CNc2ncccc2OC)CC1. The Kier molecular flexibility index (Phi) is 4.85. The minimum Gasteiger partial charge on any atom is -0.493 e. The fourth-order valence-electron chi connectivity index (χ4n) is 2.77. The van der Waals surface area contributed by atoms with E-state index >= 15 is 0 Å². The molecule has 0 radical (unpaired) electrons. The summed E-state index contributed by atoms with van der Waals surface area (Å²) in [5.74, 6) is 3.46. The highest BCUT2D eigenvalue weighted by molar-refractivity contribution is 5.49. The van der Waals surface area contributed by atoms with Crippen LogP contribution < -0.4 is 10.1 Å². The number of rotatable bonds is 5. The lowest BCUT2D eigenvalue weighted by Gasteiger charge is -2.28. The summed E-state index contributed by atoms with van der Waals surface area (Å²) in [5.41, 5.74) is 0. The molecule has 0 aromatic carbocycles. The monoisotopic (exact) mass is 248 g/mol. The van der Waals surface area contributed by atoms with Crippen molar-refractivity contribution in [3.8, 4) is 5.75 Å². The van der Waals surface area contributed by atoms with Gasteiger partial charge in [-0.15, -0.1) is 0 Å². The Morgan fingerprint density at radius 2 is 2.00 bits per heavy atom. The predicted molar refractivity (Wildman–Crippen MR) is 75.0 cm³/mol. The Morgan fingerprint density at radius 3 is 2.67 bits per heavy atom. The van der Waals surface area contributed by atoms with Crippen LogP contribution in [0, 0.1) is 11.8 Å². The molecule has 0 aliphatic heterocycles. The van der Waals surface area contributed by atoms with Crippen LogP contribution in [-0.2, 0) is 0 Å². The van der Waals surface area contributed by atoms with Crippen LogP contribution in [0.2, 0.25) is 0 Å². The summed E-state index contributed by atoms with van der Waals surface area (Å²) in [5, 5.41) is 3.43. The first-order chi connectivity index (χ1) is 8.83. The van der Waals surface area contributed by atoms with Crippen LogP contribution in [-0.4, -0.2) is 18.6 Å². The molecule has 18 heavy (non-hydrogen) atoms.